The molecule has 2 heterocycles. The van der Waals surface area contributed by atoms with Crippen molar-refractivity contribution in [3.63, 3.8) is 0 Å². The van der Waals surface area contributed by atoms with Crippen molar-refractivity contribution < 1.29 is 18.0 Å². The zero-order chi connectivity index (χ0) is 18.0. The molecule has 1 aliphatic rings. The molecule has 2 aromatic rings. The Kier molecular flexibility index (Phi) is 4.76. The van der Waals surface area contributed by atoms with E-state index in [1.54, 1.807) is 11.8 Å². The van der Waals surface area contributed by atoms with Crippen molar-refractivity contribution in [3.05, 3.63) is 59.4 Å². The van der Waals surface area contributed by atoms with Gasteiger partial charge in [-0.1, -0.05) is 18.2 Å². The van der Waals surface area contributed by atoms with Gasteiger partial charge in [-0.15, -0.1) is 0 Å². The molecule has 1 aromatic heterocycles. The van der Waals surface area contributed by atoms with Gasteiger partial charge in [-0.25, -0.2) is 0 Å². The number of halogens is 3. The predicted octanol–water partition coefficient (Wildman–Crippen LogP) is 3.17. The van der Waals surface area contributed by atoms with Gasteiger partial charge in [0.15, 0.2) is 0 Å². The average Bonchev–Trinajstić information content (AvgIpc) is 3.02. The van der Waals surface area contributed by atoms with Crippen LogP contribution < -0.4 is 10.2 Å². The van der Waals surface area contributed by atoms with Crippen LogP contribution in [-0.4, -0.2) is 23.5 Å². The number of para-hydroxylation sites is 1. The van der Waals surface area contributed by atoms with Crippen molar-refractivity contribution in [1.82, 2.24) is 10.3 Å². The quantitative estimate of drug-likeness (QED) is 0.922. The summed E-state index contributed by atoms with van der Waals surface area (Å²) >= 11 is 0. The van der Waals surface area contributed by atoms with Gasteiger partial charge in [-0.3, -0.25) is 9.78 Å². The number of rotatable bonds is 4. The number of pyridine rings is 1. The molecule has 0 spiro atoms. The Bertz CT molecular complexity index is 776. The summed E-state index contributed by atoms with van der Waals surface area (Å²) in [6.45, 7) is 2.11. The lowest BCUT2D eigenvalue weighted by molar-refractivity contribution is -0.138. The Morgan fingerprint density at radius 1 is 1.28 bits per heavy atom. The van der Waals surface area contributed by atoms with Gasteiger partial charge in [0, 0.05) is 25.0 Å². The first-order valence-corrected chi connectivity index (χ1v) is 8.01. The summed E-state index contributed by atoms with van der Waals surface area (Å²) < 4.78 is 39.0. The molecule has 132 valence electrons. The zero-order valence-corrected chi connectivity index (χ0v) is 13.7. The van der Waals surface area contributed by atoms with E-state index >= 15 is 0 Å². The number of alkyl halides is 3. The summed E-state index contributed by atoms with van der Waals surface area (Å²) in [5, 5.41) is 2.87. The van der Waals surface area contributed by atoms with Crippen molar-refractivity contribution in [2.24, 2.45) is 0 Å². The second kappa shape index (κ2) is 6.84. The van der Waals surface area contributed by atoms with Gasteiger partial charge in [0.1, 0.15) is 0 Å². The molecule has 0 saturated heterocycles. The monoisotopic (exact) mass is 349 g/mol. The smallest absolute Gasteiger partial charge is 0.310 e. The molecule has 1 aliphatic heterocycles. The Morgan fingerprint density at radius 2 is 2.04 bits per heavy atom. The fourth-order valence-corrected chi connectivity index (χ4v) is 2.97. The maximum absolute atomic E-state index is 13.0. The van der Waals surface area contributed by atoms with Crippen LogP contribution in [-0.2, 0) is 23.9 Å². The second-order valence-corrected chi connectivity index (χ2v) is 5.97. The number of fused-ring (bicyclic) bond motifs is 1. The Morgan fingerprint density at radius 3 is 2.80 bits per heavy atom. The minimum Gasteiger partial charge on any atom is -0.310 e. The van der Waals surface area contributed by atoms with Crippen LogP contribution in [0.2, 0.25) is 0 Å². The molecule has 0 radical (unpaired) electrons. The van der Waals surface area contributed by atoms with Crippen LogP contribution in [0.5, 0.6) is 0 Å². The summed E-state index contributed by atoms with van der Waals surface area (Å²) in [5.74, 6) is -0.158. The third-order valence-corrected chi connectivity index (χ3v) is 4.29. The van der Waals surface area contributed by atoms with Gasteiger partial charge in [0.2, 0.25) is 5.91 Å². The largest absolute Gasteiger partial charge is 0.418 e. The molecule has 25 heavy (non-hydrogen) atoms. The fourth-order valence-electron chi connectivity index (χ4n) is 2.97. The van der Waals surface area contributed by atoms with E-state index in [1.807, 2.05) is 24.3 Å². The zero-order valence-electron chi connectivity index (χ0n) is 13.7. The highest BCUT2D eigenvalue weighted by molar-refractivity contribution is 5.98. The summed E-state index contributed by atoms with van der Waals surface area (Å²) in [5.41, 5.74) is 1.08. The van der Waals surface area contributed by atoms with E-state index in [0.717, 1.165) is 23.7 Å². The van der Waals surface area contributed by atoms with Crippen molar-refractivity contribution >= 4 is 11.6 Å². The molecule has 1 N–H and O–H groups in total. The number of carbonyl (C=O) groups is 1. The van der Waals surface area contributed by atoms with E-state index < -0.39 is 17.8 Å². The molecular formula is C18H18F3N3O. The molecule has 4 nitrogen and oxygen atoms in total. The van der Waals surface area contributed by atoms with Crippen LogP contribution in [0, 0.1) is 0 Å². The Hall–Kier alpha value is -2.41. The molecule has 1 unspecified atom stereocenters. The first kappa shape index (κ1) is 17.4. The number of benzene rings is 1. The van der Waals surface area contributed by atoms with E-state index in [4.69, 9.17) is 0 Å². The second-order valence-electron chi connectivity index (χ2n) is 5.97. The van der Waals surface area contributed by atoms with Gasteiger partial charge in [-0.05, 0) is 37.1 Å². The predicted molar refractivity (Wildman–Crippen MR) is 88.0 cm³/mol. The van der Waals surface area contributed by atoms with Crippen molar-refractivity contribution in [1.29, 1.82) is 0 Å². The minimum absolute atomic E-state index is 0.114. The van der Waals surface area contributed by atoms with E-state index in [-0.39, 0.29) is 18.1 Å². The molecule has 7 heteroatoms. The molecule has 1 amide bonds. The third-order valence-electron chi connectivity index (χ3n) is 4.29. The molecule has 1 aromatic carbocycles. The highest BCUT2D eigenvalue weighted by Gasteiger charge is 2.34. The van der Waals surface area contributed by atoms with E-state index in [1.165, 1.54) is 12.3 Å². The van der Waals surface area contributed by atoms with Crippen LogP contribution in [0.1, 0.15) is 23.7 Å². The maximum Gasteiger partial charge on any atom is 0.418 e. The van der Waals surface area contributed by atoms with Crippen molar-refractivity contribution in [2.75, 3.05) is 11.4 Å². The summed E-state index contributed by atoms with van der Waals surface area (Å²) in [6, 6.07) is 9.28. The van der Waals surface area contributed by atoms with Crippen LogP contribution in [0.15, 0.2) is 42.6 Å². The Balaban J connectivity index is 1.68. The molecule has 0 fully saturated rings. The van der Waals surface area contributed by atoms with E-state index in [2.05, 4.69) is 10.3 Å². The number of anilines is 1. The number of carbonyl (C=O) groups excluding carboxylic acids is 1. The number of nitrogens with one attached hydrogen (secondary N) is 1. The summed E-state index contributed by atoms with van der Waals surface area (Å²) in [4.78, 5) is 18.1. The number of amides is 1. The van der Waals surface area contributed by atoms with Gasteiger partial charge in [0.25, 0.3) is 0 Å². The third kappa shape index (κ3) is 3.66. The first-order chi connectivity index (χ1) is 11.9. The number of hydrogen-bond donors (Lipinski definition) is 1. The standard InChI is InChI=1S/C18H18F3N3O/c1-12(17(25)24-10-8-13-5-2-3-7-16(13)24)23-11-15-14(18(19,20)21)6-4-9-22-15/h2-7,9,12,23H,8,10-11H2,1H3. The lowest BCUT2D eigenvalue weighted by Crippen LogP contribution is -2.44. The SMILES string of the molecule is CC(NCc1ncccc1C(F)(F)F)C(=O)N1CCc2ccccc21. The average molecular weight is 349 g/mol. The van der Waals surface area contributed by atoms with E-state index in [0.29, 0.717) is 6.54 Å². The van der Waals surface area contributed by atoms with Crippen molar-refractivity contribution in [3.8, 4) is 0 Å². The minimum atomic E-state index is -4.47. The highest BCUT2D eigenvalue weighted by atomic mass is 19.4. The van der Waals surface area contributed by atoms with Gasteiger partial charge >= 0.3 is 6.18 Å². The molecule has 3 rings (SSSR count). The lowest BCUT2D eigenvalue weighted by atomic mass is 10.1. The fraction of sp³-hybridized carbons (Fsp3) is 0.333. The number of hydrogen-bond acceptors (Lipinski definition) is 3. The van der Waals surface area contributed by atoms with Gasteiger partial charge in [0.05, 0.1) is 17.3 Å². The molecule has 0 saturated carbocycles. The van der Waals surface area contributed by atoms with Gasteiger partial charge in [-0.2, -0.15) is 13.2 Å². The Labute approximate surface area is 143 Å². The number of nitrogens with zero attached hydrogens (tertiary/aromatic N) is 2. The van der Waals surface area contributed by atoms with Crippen LogP contribution in [0.25, 0.3) is 0 Å². The maximum atomic E-state index is 13.0. The van der Waals surface area contributed by atoms with Gasteiger partial charge < -0.3 is 10.2 Å². The molecular weight excluding hydrogens is 331 g/mol. The molecule has 0 aliphatic carbocycles. The van der Waals surface area contributed by atoms with Crippen LogP contribution >= 0.6 is 0 Å². The van der Waals surface area contributed by atoms with Crippen LogP contribution in [0.3, 0.4) is 0 Å². The summed E-state index contributed by atoms with van der Waals surface area (Å²) in [7, 11) is 0. The highest BCUT2D eigenvalue weighted by Crippen LogP contribution is 2.31. The van der Waals surface area contributed by atoms with E-state index in [9.17, 15) is 18.0 Å². The molecule has 0 bridgehead atoms. The normalized spacial score (nSPS) is 15.1. The topological polar surface area (TPSA) is 45.2 Å². The number of aromatic nitrogens is 1. The molecule has 1 atom stereocenters. The van der Waals surface area contributed by atoms with Crippen LogP contribution in [0.4, 0.5) is 18.9 Å². The van der Waals surface area contributed by atoms with Crippen molar-refractivity contribution in [2.45, 2.75) is 32.1 Å². The first-order valence-electron chi connectivity index (χ1n) is 8.01. The lowest BCUT2D eigenvalue weighted by Gasteiger charge is -2.22. The summed E-state index contributed by atoms with van der Waals surface area (Å²) in [6.07, 6.45) is -2.37.